The van der Waals surface area contributed by atoms with Crippen LogP contribution in [0.1, 0.15) is 0 Å². The van der Waals surface area contributed by atoms with Crippen LogP contribution in [-0.2, 0) is 0 Å². The smallest absolute Gasteiger partial charge is 0.147 e. The topological polar surface area (TPSA) is 61.0 Å². The van der Waals surface area contributed by atoms with Crippen LogP contribution in [0.15, 0.2) is 24.4 Å². The first-order chi connectivity index (χ1) is 6.33. The van der Waals surface area contributed by atoms with Crippen LogP contribution in [0.5, 0.6) is 5.75 Å². The number of nitrogens with two attached hydrogens (primary N) is 1. The first-order valence-corrected chi connectivity index (χ1v) is 3.87. The molecular weight excluding hydrogens is 166 g/mol. The summed E-state index contributed by atoms with van der Waals surface area (Å²) in [7, 11) is 1.60. The average molecular weight is 175 g/mol. The molecule has 0 amide bonds. The molecule has 0 unspecified atom stereocenters. The Balaban J connectivity index is 2.84. The minimum atomic E-state index is 0.615. The summed E-state index contributed by atoms with van der Waals surface area (Å²) in [6.07, 6.45) is 1.53. The third kappa shape index (κ3) is 1.16. The van der Waals surface area contributed by atoms with Crippen molar-refractivity contribution in [3.63, 3.8) is 0 Å². The van der Waals surface area contributed by atoms with Crippen molar-refractivity contribution in [3.8, 4) is 5.75 Å². The normalized spacial score (nSPS) is 10.2. The summed E-state index contributed by atoms with van der Waals surface area (Å²) in [6.45, 7) is 0. The van der Waals surface area contributed by atoms with Gasteiger partial charge in [-0.1, -0.05) is 12.1 Å². The van der Waals surface area contributed by atoms with Gasteiger partial charge in [-0.25, -0.2) is 0 Å². The van der Waals surface area contributed by atoms with Gasteiger partial charge in [0.1, 0.15) is 11.3 Å². The molecule has 4 heteroatoms. The lowest BCUT2D eigenvalue weighted by molar-refractivity contribution is 0.418. The number of fused-ring (bicyclic) bond motifs is 1. The van der Waals surface area contributed by atoms with Crippen LogP contribution in [0.4, 0.5) is 5.69 Å². The minimum Gasteiger partial charge on any atom is -0.494 e. The van der Waals surface area contributed by atoms with Crippen molar-refractivity contribution in [1.82, 2.24) is 10.2 Å². The van der Waals surface area contributed by atoms with Crippen LogP contribution in [0.25, 0.3) is 10.9 Å². The van der Waals surface area contributed by atoms with E-state index in [0.717, 1.165) is 5.39 Å². The molecule has 13 heavy (non-hydrogen) atoms. The van der Waals surface area contributed by atoms with Gasteiger partial charge < -0.3 is 10.5 Å². The first-order valence-electron chi connectivity index (χ1n) is 3.87. The number of rotatable bonds is 1. The first kappa shape index (κ1) is 7.79. The fourth-order valence-corrected chi connectivity index (χ4v) is 1.24. The van der Waals surface area contributed by atoms with Crippen molar-refractivity contribution in [2.75, 3.05) is 12.8 Å². The molecule has 0 bridgehead atoms. The molecule has 0 aliphatic carbocycles. The van der Waals surface area contributed by atoms with E-state index in [1.165, 1.54) is 6.20 Å². The lowest BCUT2D eigenvalue weighted by Gasteiger charge is -2.04. The predicted molar refractivity (Wildman–Crippen MR) is 50.5 cm³/mol. The number of nitrogen functional groups attached to an aromatic ring is 1. The Morgan fingerprint density at radius 1 is 1.38 bits per heavy atom. The number of hydrogen-bond donors (Lipinski definition) is 1. The fourth-order valence-electron chi connectivity index (χ4n) is 1.24. The zero-order valence-corrected chi connectivity index (χ0v) is 7.19. The van der Waals surface area contributed by atoms with E-state index in [4.69, 9.17) is 10.5 Å². The lowest BCUT2D eigenvalue weighted by atomic mass is 10.2. The van der Waals surface area contributed by atoms with Crippen molar-refractivity contribution < 1.29 is 4.74 Å². The molecule has 2 rings (SSSR count). The summed E-state index contributed by atoms with van der Waals surface area (Å²) in [6, 6.07) is 5.59. The number of aromatic nitrogens is 2. The van der Waals surface area contributed by atoms with E-state index in [-0.39, 0.29) is 0 Å². The van der Waals surface area contributed by atoms with Crippen molar-refractivity contribution >= 4 is 16.6 Å². The van der Waals surface area contributed by atoms with Gasteiger partial charge in [-0.15, -0.1) is 5.10 Å². The zero-order valence-electron chi connectivity index (χ0n) is 7.19. The van der Waals surface area contributed by atoms with Crippen LogP contribution in [0.3, 0.4) is 0 Å². The Morgan fingerprint density at radius 3 is 3.00 bits per heavy atom. The standard InChI is InChI=1S/C9H9N3O/c1-13-8-4-2-3-6-7(10)5-11-12-9(6)8/h2-5H,1H3,(H2,10,12). The van der Waals surface area contributed by atoms with E-state index in [9.17, 15) is 0 Å². The van der Waals surface area contributed by atoms with Crippen LogP contribution >= 0.6 is 0 Å². The number of ether oxygens (including phenoxy) is 1. The van der Waals surface area contributed by atoms with E-state index in [1.807, 2.05) is 18.2 Å². The van der Waals surface area contributed by atoms with E-state index >= 15 is 0 Å². The molecule has 1 heterocycles. The number of nitrogens with zero attached hydrogens (tertiary/aromatic N) is 2. The summed E-state index contributed by atoms with van der Waals surface area (Å²) in [5, 5.41) is 8.59. The zero-order chi connectivity index (χ0) is 9.26. The quantitative estimate of drug-likeness (QED) is 0.707. The summed E-state index contributed by atoms with van der Waals surface area (Å²) >= 11 is 0. The van der Waals surface area contributed by atoms with Gasteiger partial charge in [0.15, 0.2) is 0 Å². The van der Waals surface area contributed by atoms with Gasteiger partial charge in [0.25, 0.3) is 0 Å². The van der Waals surface area contributed by atoms with Gasteiger partial charge in [0, 0.05) is 5.39 Å². The maximum absolute atomic E-state index is 5.72. The van der Waals surface area contributed by atoms with Crippen molar-refractivity contribution in [1.29, 1.82) is 0 Å². The number of benzene rings is 1. The van der Waals surface area contributed by atoms with Gasteiger partial charge in [0.2, 0.25) is 0 Å². The van der Waals surface area contributed by atoms with Crippen LogP contribution in [0, 0.1) is 0 Å². The van der Waals surface area contributed by atoms with Crippen LogP contribution in [0.2, 0.25) is 0 Å². The number of anilines is 1. The van der Waals surface area contributed by atoms with E-state index in [0.29, 0.717) is 17.0 Å². The maximum atomic E-state index is 5.72. The molecule has 2 aromatic rings. The monoisotopic (exact) mass is 175 g/mol. The summed E-state index contributed by atoms with van der Waals surface area (Å²) in [5.74, 6) is 0.692. The molecular formula is C9H9N3O. The molecule has 66 valence electrons. The molecule has 1 aromatic carbocycles. The molecule has 0 aliphatic rings. The Morgan fingerprint density at radius 2 is 2.23 bits per heavy atom. The Kier molecular flexibility index (Phi) is 1.73. The highest BCUT2D eigenvalue weighted by atomic mass is 16.5. The molecule has 0 aliphatic heterocycles. The minimum absolute atomic E-state index is 0.615. The molecule has 0 atom stereocenters. The van der Waals surface area contributed by atoms with E-state index in [1.54, 1.807) is 7.11 Å². The SMILES string of the molecule is COc1cccc2c(N)cnnc12. The second-order valence-corrected chi connectivity index (χ2v) is 2.66. The average Bonchev–Trinajstić information content (AvgIpc) is 2.18. The molecule has 0 radical (unpaired) electrons. The summed E-state index contributed by atoms with van der Waals surface area (Å²) < 4.78 is 5.12. The van der Waals surface area contributed by atoms with Crippen LogP contribution < -0.4 is 10.5 Å². The summed E-state index contributed by atoms with van der Waals surface area (Å²) in [4.78, 5) is 0. The molecule has 2 N–H and O–H groups in total. The van der Waals surface area contributed by atoms with Crippen molar-refractivity contribution in [3.05, 3.63) is 24.4 Å². The summed E-state index contributed by atoms with van der Waals surface area (Å²) in [5.41, 5.74) is 7.04. The second-order valence-electron chi connectivity index (χ2n) is 2.66. The molecule has 4 nitrogen and oxygen atoms in total. The highest BCUT2D eigenvalue weighted by Crippen LogP contribution is 2.25. The van der Waals surface area contributed by atoms with Gasteiger partial charge in [0.05, 0.1) is 19.0 Å². The number of methoxy groups -OCH3 is 1. The molecule has 0 fully saturated rings. The van der Waals surface area contributed by atoms with Crippen molar-refractivity contribution in [2.24, 2.45) is 0 Å². The van der Waals surface area contributed by atoms with Crippen molar-refractivity contribution in [2.45, 2.75) is 0 Å². The molecule has 0 saturated heterocycles. The highest BCUT2D eigenvalue weighted by molar-refractivity contribution is 5.92. The fraction of sp³-hybridized carbons (Fsp3) is 0.111. The largest absolute Gasteiger partial charge is 0.494 e. The predicted octanol–water partition coefficient (Wildman–Crippen LogP) is 1.22. The Hall–Kier alpha value is -1.84. The molecule has 0 saturated carbocycles. The third-order valence-electron chi connectivity index (χ3n) is 1.88. The Bertz CT molecular complexity index is 442. The molecule has 1 aromatic heterocycles. The maximum Gasteiger partial charge on any atom is 0.147 e. The Labute approximate surface area is 75.3 Å². The highest BCUT2D eigenvalue weighted by Gasteiger charge is 2.04. The third-order valence-corrected chi connectivity index (χ3v) is 1.88. The van der Waals surface area contributed by atoms with Gasteiger partial charge in [-0.05, 0) is 6.07 Å². The van der Waals surface area contributed by atoms with Crippen LogP contribution in [-0.4, -0.2) is 17.3 Å². The lowest BCUT2D eigenvalue weighted by Crippen LogP contribution is -1.94. The molecule has 0 spiro atoms. The second kappa shape index (κ2) is 2.90. The van der Waals surface area contributed by atoms with E-state index in [2.05, 4.69) is 10.2 Å². The number of hydrogen-bond acceptors (Lipinski definition) is 4. The van der Waals surface area contributed by atoms with Gasteiger partial charge >= 0.3 is 0 Å². The van der Waals surface area contributed by atoms with E-state index < -0.39 is 0 Å². The van der Waals surface area contributed by atoms with Gasteiger partial charge in [-0.3, -0.25) is 0 Å². The van der Waals surface area contributed by atoms with Gasteiger partial charge in [-0.2, -0.15) is 5.10 Å².